The van der Waals surface area contributed by atoms with Crippen LogP contribution >= 0.6 is 0 Å². The van der Waals surface area contributed by atoms with Gasteiger partial charge in [0.25, 0.3) is 13.0 Å². The molecule has 0 aromatic heterocycles. The zero-order valence-electron chi connectivity index (χ0n) is 37.0. The van der Waals surface area contributed by atoms with Crippen molar-refractivity contribution in [3.63, 3.8) is 0 Å². The first-order valence-electron chi connectivity index (χ1n) is 22.4. The highest BCUT2D eigenvalue weighted by atomic mass is 16.9. The van der Waals surface area contributed by atoms with Crippen molar-refractivity contribution in [2.75, 3.05) is 26.4 Å². The number of fused-ring (bicyclic) bond motifs is 10. The number of aliphatic hydroxyl groups excluding tert-OH is 2. The summed E-state index contributed by atoms with van der Waals surface area (Å²) in [6, 6.07) is 18.6. The van der Waals surface area contributed by atoms with Crippen LogP contribution < -0.4 is 0 Å². The van der Waals surface area contributed by atoms with Crippen molar-refractivity contribution in [2.45, 2.75) is 128 Å². The number of carbonyl (C=O) groups excluding carboxylic acids is 2. The third-order valence-corrected chi connectivity index (χ3v) is 15.7. The molecule has 0 bridgehead atoms. The summed E-state index contributed by atoms with van der Waals surface area (Å²) in [6.45, 7) is 6.84. The predicted molar refractivity (Wildman–Crippen MR) is 233 cm³/mol. The fourth-order valence-electron chi connectivity index (χ4n) is 12.3. The van der Waals surface area contributed by atoms with E-state index in [1.165, 1.54) is 0 Å². The topological polar surface area (TPSA) is 202 Å². The summed E-state index contributed by atoms with van der Waals surface area (Å²) in [7, 11) is 0. The molecule has 4 aliphatic carbocycles. The molecule has 0 aliphatic heterocycles. The van der Waals surface area contributed by atoms with E-state index in [0.717, 1.165) is 43.8 Å². The Morgan fingerprint density at radius 2 is 1.03 bits per heavy atom. The van der Waals surface area contributed by atoms with Crippen LogP contribution in [-0.2, 0) is 46.1 Å². The molecule has 0 spiro atoms. The second-order valence-electron chi connectivity index (χ2n) is 18.9. The number of aromatic hydroxyl groups is 2. The van der Waals surface area contributed by atoms with Crippen LogP contribution in [0.1, 0.15) is 101 Å². The van der Waals surface area contributed by atoms with Crippen LogP contribution in [0.15, 0.2) is 60.7 Å². The number of phenolic OH excluding ortho intramolecular Hbond substituents is 2. The second kappa shape index (κ2) is 17.1. The van der Waals surface area contributed by atoms with Crippen molar-refractivity contribution in [2.24, 2.45) is 22.7 Å². The SMILES string of the molecule is CCOC(OCC(O)C(=O)[C@@]1(O)[C@H](C)CC2c3ccc4cc(O)ccc4c3CC[C@@]21C)OC(OCC)OCC(O)C(=O)[C@@]1(O)[C@H](C)CC2c3ccc4cc(O)ccc4c3CC[C@@]21C. The van der Waals surface area contributed by atoms with Crippen molar-refractivity contribution in [1.82, 2.24) is 0 Å². The van der Waals surface area contributed by atoms with E-state index in [4.69, 9.17) is 23.7 Å². The number of aliphatic hydroxyl groups is 4. The van der Waals surface area contributed by atoms with Gasteiger partial charge in [-0.05, 0) is 144 Å². The number of aryl methyl sites for hydroxylation is 2. The first kappa shape index (κ1) is 45.5. The molecule has 340 valence electrons. The predicted octanol–water partition coefficient (Wildman–Crippen LogP) is 6.27. The summed E-state index contributed by atoms with van der Waals surface area (Å²) in [5.41, 5.74) is -1.11. The van der Waals surface area contributed by atoms with Gasteiger partial charge in [-0.15, -0.1) is 0 Å². The molecule has 63 heavy (non-hydrogen) atoms. The van der Waals surface area contributed by atoms with E-state index in [-0.39, 0.29) is 36.5 Å². The first-order valence-corrected chi connectivity index (χ1v) is 22.4. The number of benzene rings is 4. The van der Waals surface area contributed by atoms with Gasteiger partial charge in [-0.3, -0.25) is 14.3 Å². The average molecular weight is 871 g/mol. The highest BCUT2D eigenvalue weighted by molar-refractivity contribution is 5.95. The molecule has 12 atom stereocenters. The molecule has 6 unspecified atom stereocenters. The van der Waals surface area contributed by atoms with Gasteiger partial charge in [0, 0.05) is 24.0 Å². The number of hydrogen-bond acceptors (Lipinski definition) is 13. The molecule has 2 saturated carbocycles. The molecule has 6 N–H and O–H groups in total. The Morgan fingerprint density at radius 1 is 0.635 bits per heavy atom. The van der Waals surface area contributed by atoms with Crippen LogP contribution in [0.3, 0.4) is 0 Å². The van der Waals surface area contributed by atoms with Gasteiger partial charge in [0.05, 0.1) is 13.2 Å². The van der Waals surface area contributed by atoms with Crippen LogP contribution in [-0.4, -0.2) is 105 Å². The molecule has 4 aliphatic rings. The smallest absolute Gasteiger partial charge is 0.275 e. The van der Waals surface area contributed by atoms with E-state index < -0.39 is 83.8 Å². The number of ether oxygens (including phenoxy) is 5. The van der Waals surface area contributed by atoms with E-state index in [9.17, 15) is 40.2 Å². The van der Waals surface area contributed by atoms with E-state index in [2.05, 4.69) is 0 Å². The van der Waals surface area contributed by atoms with Crippen LogP contribution in [0.25, 0.3) is 21.5 Å². The maximum absolute atomic E-state index is 14.2. The summed E-state index contributed by atoms with van der Waals surface area (Å²) in [5.74, 6) is -2.41. The van der Waals surface area contributed by atoms with Gasteiger partial charge in [-0.1, -0.05) is 64.1 Å². The fourth-order valence-corrected chi connectivity index (χ4v) is 12.3. The molecule has 13 nitrogen and oxygen atoms in total. The molecule has 8 rings (SSSR count). The number of carbonyl (C=O) groups is 2. The van der Waals surface area contributed by atoms with Crippen molar-refractivity contribution < 1.29 is 63.9 Å². The molecule has 0 amide bonds. The molecule has 0 saturated heterocycles. The maximum Gasteiger partial charge on any atom is 0.275 e. The van der Waals surface area contributed by atoms with Gasteiger partial charge >= 0.3 is 0 Å². The quantitative estimate of drug-likeness (QED) is 0.0689. The van der Waals surface area contributed by atoms with Crippen LogP contribution in [0.2, 0.25) is 0 Å². The van der Waals surface area contributed by atoms with Crippen LogP contribution in [0.4, 0.5) is 0 Å². The van der Waals surface area contributed by atoms with Gasteiger partial charge < -0.3 is 49.6 Å². The van der Waals surface area contributed by atoms with Gasteiger partial charge in [-0.2, -0.15) is 0 Å². The van der Waals surface area contributed by atoms with Crippen molar-refractivity contribution in [3.05, 3.63) is 82.9 Å². The fraction of sp³-hybridized carbons (Fsp3) is 0.560. The summed E-state index contributed by atoms with van der Waals surface area (Å²) < 4.78 is 28.6. The summed E-state index contributed by atoms with van der Waals surface area (Å²) >= 11 is 0. The molecule has 4 aromatic carbocycles. The van der Waals surface area contributed by atoms with Crippen molar-refractivity contribution in [1.29, 1.82) is 0 Å². The van der Waals surface area contributed by atoms with Crippen LogP contribution in [0, 0.1) is 22.7 Å². The van der Waals surface area contributed by atoms with E-state index in [1.54, 1.807) is 38.1 Å². The number of ketones is 2. The summed E-state index contributed by atoms with van der Waals surface area (Å²) in [4.78, 5) is 28.4. The first-order chi connectivity index (χ1) is 29.9. The molecule has 4 aromatic rings. The average Bonchev–Trinajstić information content (AvgIpc) is 3.61. The zero-order valence-corrected chi connectivity index (χ0v) is 37.0. The lowest BCUT2D eigenvalue weighted by Gasteiger charge is -2.47. The minimum atomic E-state index is -1.87. The normalized spacial score (nSPS) is 31.8. The Balaban J connectivity index is 0.911. The summed E-state index contributed by atoms with van der Waals surface area (Å²) in [5, 5.41) is 71.5. The van der Waals surface area contributed by atoms with E-state index in [1.807, 2.05) is 64.1 Å². The van der Waals surface area contributed by atoms with Gasteiger partial charge in [0.15, 0.2) is 11.6 Å². The Morgan fingerprint density at radius 3 is 1.41 bits per heavy atom. The number of hydrogen-bond donors (Lipinski definition) is 6. The van der Waals surface area contributed by atoms with E-state index in [0.29, 0.717) is 38.5 Å². The molecule has 13 heteroatoms. The number of rotatable bonds is 16. The molecular weight excluding hydrogens is 809 g/mol. The zero-order chi connectivity index (χ0) is 45.2. The molecule has 0 heterocycles. The lowest BCUT2D eigenvalue weighted by Crippen LogP contribution is -2.59. The third kappa shape index (κ3) is 7.28. The lowest BCUT2D eigenvalue weighted by molar-refractivity contribution is -0.399. The molecular formula is C50H62O13. The Hall–Kier alpha value is -4.02. The van der Waals surface area contributed by atoms with Gasteiger partial charge in [0.1, 0.15) is 34.9 Å². The Labute approximate surface area is 367 Å². The third-order valence-electron chi connectivity index (χ3n) is 15.7. The standard InChI is InChI=1S/C50H62O13/c1-7-59-45(61-25-41(53)43(55)49(57)27(3)21-39-37-13-9-29-23-31(51)11-15-33(29)35(37)17-19-47(39,49)5)63-46(60-8-2)62-26-42(54)44(56)50(58)28(4)22-40-38-14-10-30-24-32(52)12-16-34(30)36(38)18-20-48(40,50)6/h9-16,23-24,27-28,39-42,45-46,51-54,57-58H,7-8,17-22,25-26H2,1-6H3/t27-,28-,39?,40?,41?,42?,45?,46?,47+,48+,49+,50+/m1/s1. The number of phenols is 2. The highest BCUT2D eigenvalue weighted by Gasteiger charge is 2.67. The highest BCUT2D eigenvalue weighted by Crippen LogP contribution is 2.65. The molecule has 0 radical (unpaired) electrons. The van der Waals surface area contributed by atoms with Gasteiger partial charge in [0.2, 0.25) is 0 Å². The minimum Gasteiger partial charge on any atom is -0.508 e. The Kier molecular flexibility index (Phi) is 12.3. The Bertz CT molecular complexity index is 2220. The second-order valence-corrected chi connectivity index (χ2v) is 18.9. The van der Waals surface area contributed by atoms with Gasteiger partial charge in [-0.25, -0.2) is 0 Å². The maximum atomic E-state index is 14.2. The summed E-state index contributed by atoms with van der Waals surface area (Å²) in [6.07, 6.45) is -0.203. The van der Waals surface area contributed by atoms with E-state index >= 15 is 0 Å². The van der Waals surface area contributed by atoms with Crippen molar-refractivity contribution in [3.8, 4) is 11.5 Å². The monoisotopic (exact) mass is 870 g/mol. The van der Waals surface area contributed by atoms with Crippen molar-refractivity contribution >= 4 is 33.1 Å². The minimum absolute atomic E-state index is 0.0924. The molecule has 2 fully saturated rings. The number of Topliss-reactive ketones (excluding diaryl/α,β-unsaturated/α-hetero) is 2. The largest absolute Gasteiger partial charge is 0.508 e. The lowest BCUT2D eigenvalue weighted by atomic mass is 9.59. The van der Waals surface area contributed by atoms with Crippen LogP contribution in [0.5, 0.6) is 11.5 Å².